The number of nitrogens with two attached hydrogens (primary N) is 2. The Morgan fingerprint density at radius 1 is 1.10 bits per heavy atom. The molecule has 1 aromatic carbocycles. The van der Waals surface area contributed by atoms with Crippen LogP contribution < -0.4 is 11.5 Å². The van der Waals surface area contributed by atoms with Gasteiger partial charge in [0, 0.05) is 31.2 Å². The van der Waals surface area contributed by atoms with Crippen molar-refractivity contribution < 1.29 is 4.79 Å². The molecule has 8 nitrogen and oxygen atoms in total. The summed E-state index contributed by atoms with van der Waals surface area (Å²) in [4.78, 5) is 24.7. The van der Waals surface area contributed by atoms with E-state index in [1.165, 1.54) is 6.20 Å². The zero-order valence-corrected chi connectivity index (χ0v) is 17.0. The molecule has 8 heteroatoms. The minimum absolute atomic E-state index is 0.110. The lowest BCUT2D eigenvalue weighted by Gasteiger charge is -2.33. The van der Waals surface area contributed by atoms with Crippen LogP contribution in [-0.4, -0.2) is 31.5 Å². The minimum Gasteiger partial charge on any atom is -0.386 e. The highest BCUT2D eigenvalue weighted by Crippen LogP contribution is 2.34. The van der Waals surface area contributed by atoms with E-state index in [2.05, 4.69) is 33.9 Å². The van der Waals surface area contributed by atoms with Gasteiger partial charge in [0.2, 0.25) is 5.95 Å². The first-order valence-corrected chi connectivity index (χ1v) is 9.28. The smallest absolute Gasteiger partial charge is 0.281 e. The predicted molar refractivity (Wildman–Crippen MR) is 113 cm³/mol. The fourth-order valence-corrected chi connectivity index (χ4v) is 3.09. The fraction of sp³-hybridized carbons (Fsp3) is 0.286. The molecule has 2 aromatic heterocycles. The second-order valence-corrected chi connectivity index (χ2v) is 7.47. The molecule has 0 fully saturated rings. The maximum atomic E-state index is 12.5. The minimum atomic E-state index is -0.617. The van der Waals surface area contributed by atoms with Gasteiger partial charge in [0.15, 0.2) is 0 Å². The Labute approximate surface area is 169 Å². The molecule has 1 atom stereocenters. The van der Waals surface area contributed by atoms with Crippen molar-refractivity contribution >= 4 is 17.7 Å². The SMILES string of the molecule is CC(C)C(C)(C(N)=NC(=O)c1cnn(C)c1)c1ccc(-c2cnc(N)nc2)cc1. The Hall–Kier alpha value is -3.55. The van der Waals surface area contributed by atoms with Gasteiger partial charge >= 0.3 is 0 Å². The van der Waals surface area contributed by atoms with Crippen LogP contribution in [-0.2, 0) is 12.5 Å². The summed E-state index contributed by atoms with van der Waals surface area (Å²) in [5.41, 5.74) is 14.5. The Bertz CT molecular complexity index is 1040. The molecule has 150 valence electrons. The predicted octanol–water partition coefficient (Wildman–Crippen LogP) is 2.57. The van der Waals surface area contributed by atoms with E-state index in [4.69, 9.17) is 11.5 Å². The van der Waals surface area contributed by atoms with Crippen molar-refractivity contribution in [1.82, 2.24) is 19.7 Å². The Balaban J connectivity index is 1.94. The Morgan fingerprint density at radius 2 is 1.72 bits per heavy atom. The number of anilines is 1. The van der Waals surface area contributed by atoms with Crippen LogP contribution in [0.4, 0.5) is 5.95 Å². The van der Waals surface area contributed by atoms with Gasteiger partial charge in [-0.3, -0.25) is 9.48 Å². The van der Waals surface area contributed by atoms with E-state index >= 15 is 0 Å². The van der Waals surface area contributed by atoms with Crippen molar-refractivity contribution in [2.24, 2.45) is 23.7 Å². The second-order valence-electron chi connectivity index (χ2n) is 7.47. The van der Waals surface area contributed by atoms with Crippen molar-refractivity contribution in [3.63, 3.8) is 0 Å². The summed E-state index contributed by atoms with van der Waals surface area (Å²) in [6, 6.07) is 7.92. The standard InChI is InChI=1S/C21H25N7O/c1-13(2)21(3,19(22)27-18(29)16-11-26-28(4)12-16)17-7-5-14(6-8-17)15-9-24-20(23)25-10-15/h5-13H,1-4H3,(H2,22,27,29)(H2,23,24,25). The molecule has 29 heavy (non-hydrogen) atoms. The highest BCUT2D eigenvalue weighted by molar-refractivity contribution is 6.05. The molecule has 2 heterocycles. The number of benzene rings is 1. The maximum Gasteiger partial charge on any atom is 0.281 e. The van der Waals surface area contributed by atoms with E-state index in [1.807, 2.05) is 31.2 Å². The number of hydrogen-bond acceptors (Lipinski definition) is 5. The summed E-state index contributed by atoms with van der Waals surface area (Å²) in [6.07, 6.45) is 6.47. The fourth-order valence-electron chi connectivity index (χ4n) is 3.09. The maximum absolute atomic E-state index is 12.5. The van der Waals surface area contributed by atoms with Crippen molar-refractivity contribution in [3.8, 4) is 11.1 Å². The lowest BCUT2D eigenvalue weighted by atomic mass is 9.72. The molecule has 0 radical (unpaired) electrons. The first-order valence-electron chi connectivity index (χ1n) is 9.28. The van der Waals surface area contributed by atoms with Gasteiger partial charge < -0.3 is 11.5 Å². The second kappa shape index (κ2) is 7.83. The van der Waals surface area contributed by atoms with Crippen LogP contribution in [0.1, 0.15) is 36.7 Å². The lowest BCUT2D eigenvalue weighted by molar-refractivity contribution is 0.100. The molecule has 0 saturated carbocycles. The summed E-state index contributed by atoms with van der Waals surface area (Å²) >= 11 is 0. The van der Waals surface area contributed by atoms with E-state index in [0.717, 1.165) is 16.7 Å². The molecule has 0 bridgehead atoms. The zero-order valence-electron chi connectivity index (χ0n) is 17.0. The summed E-state index contributed by atoms with van der Waals surface area (Å²) in [6.45, 7) is 6.10. The molecular weight excluding hydrogens is 366 g/mol. The number of carbonyl (C=O) groups excluding carboxylic acids is 1. The molecule has 0 spiro atoms. The van der Waals surface area contributed by atoms with Gasteiger partial charge in [-0.1, -0.05) is 38.1 Å². The van der Waals surface area contributed by atoms with E-state index in [1.54, 1.807) is 30.3 Å². The third kappa shape index (κ3) is 4.01. The number of carbonyl (C=O) groups is 1. The third-order valence-electron chi connectivity index (χ3n) is 5.35. The van der Waals surface area contributed by atoms with E-state index in [9.17, 15) is 4.79 Å². The van der Waals surface area contributed by atoms with Crippen LogP contribution in [0, 0.1) is 5.92 Å². The number of nitrogen functional groups attached to an aromatic ring is 1. The molecule has 0 aliphatic rings. The number of aryl methyl sites for hydroxylation is 1. The molecule has 0 aliphatic carbocycles. The van der Waals surface area contributed by atoms with Gasteiger partial charge in [0.05, 0.1) is 17.2 Å². The monoisotopic (exact) mass is 391 g/mol. The van der Waals surface area contributed by atoms with Crippen molar-refractivity contribution in [2.75, 3.05) is 5.73 Å². The first kappa shape index (κ1) is 20.2. The van der Waals surface area contributed by atoms with E-state index in [0.29, 0.717) is 5.56 Å². The highest BCUT2D eigenvalue weighted by Gasteiger charge is 2.35. The molecule has 1 unspecified atom stereocenters. The summed E-state index contributed by atoms with van der Waals surface area (Å²) in [7, 11) is 1.75. The highest BCUT2D eigenvalue weighted by atomic mass is 16.1. The van der Waals surface area contributed by atoms with Gasteiger partial charge in [-0.25, -0.2) is 9.97 Å². The van der Waals surface area contributed by atoms with Crippen molar-refractivity contribution in [3.05, 3.63) is 60.2 Å². The molecule has 1 amide bonds. The van der Waals surface area contributed by atoms with Gasteiger partial charge in [0.1, 0.15) is 5.84 Å². The van der Waals surface area contributed by atoms with Gasteiger partial charge in [-0.15, -0.1) is 0 Å². The molecule has 0 saturated heterocycles. The summed E-state index contributed by atoms with van der Waals surface area (Å²) in [5.74, 6) is 0.210. The Kier molecular flexibility index (Phi) is 5.45. The summed E-state index contributed by atoms with van der Waals surface area (Å²) in [5, 5.41) is 4.01. The van der Waals surface area contributed by atoms with Crippen LogP contribution in [0.25, 0.3) is 11.1 Å². The van der Waals surface area contributed by atoms with Crippen LogP contribution in [0.3, 0.4) is 0 Å². The number of aliphatic imine (C=N–C) groups is 1. The number of aromatic nitrogens is 4. The van der Waals surface area contributed by atoms with Crippen LogP contribution in [0.15, 0.2) is 54.0 Å². The summed E-state index contributed by atoms with van der Waals surface area (Å²) < 4.78 is 1.56. The topological polar surface area (TPSA) is 125 Å². The van der Waals surface area contributed by atoms with E-state index in [-0.39, 0.29) is 17.7 Å². The molecular formula is C21H25N7O. The Morgan fingerprint density at radius 3 is 2.24 bits per heavy atom. The number of amidine groups is 1. The zero-order chi connectivity index (χ0) is 21.2. The molecule has 3 rings (SSSR count). The third-order valence-corrected chi connectivity index (χ3v) is 5.35. The van der Waals surface area contributed by atoms with Crippen molar-refractivity contribution in [2.45, 2.75) is 26.2 Å². The van der Waals surface area contributed by atoms with Crippen LogP contribution in [0.2, 0.25) is 0 Å². The molecule has 3 aromatic rings. The van der Waals surface area contributed by atoms with Gasteiger partial charge in [-0.05, 0) is 24.0 Å². The van der Waals surface area contributed by atoms with Gasteiger partial charge in [-0.2, -0.15) is 10.1 Å². The number of amides is 1. The number of nitrogens with zero attached hydrogens (tertiary/aromatic N) is 5. The normalized spacial score (nSPS) is 14.0. The van der Waals surface area contributed by atoms with Crippen LogP contribution >= 0.6 is 0 Å². The van der Waals surface area contributed by atoms with E-state index < -0.39 is 11.3 Å². The quantitative estimate of drug-likeness (QED) is 0.509. The average molecular weight is 391 g/mol. The lowest BCUT2D eigenvalue weighted by Crippen LogP contribution is -2.43. The largest absolute Gasteiger partial charge is 0.386 e. The molecule has 4 N–H and O–H groups in total. The van der Waals surface area contributed by atoms with Crippen LogP contribution in [0.5, 0.6) is 0 Å². The number of rotatable bonds is 5. The first-order chi connectivity index (χ1) is 13.7. The van der Waals surface area contributed by atoms with Crippen molar-refractivity contribution in [1.29, 1.82) is 0 Å². The average Bonchev–Trinajstić information content (AvgIpc) is 3.14. The van der Waals surface area contributed by atoms with Gasteiger partial charge in [0.25, 0.3) is 5.91 Å². The molecule has 0 aliphatic heterocycles. The number of hydrogen-bond donors (Lipinski definition) is 2.